The molecule has 134 valence electrons. The van der Waals surface area contributed by atoms with E-state index >= 15 is 0 Å². The van der Waals surface area contributed by atoms with E-state index in [0.29, 0.717) is 5.92 Å². The average Bonchev–Trinajstić information content (AvgIpc) is 3.17. The Morgan fingerprint density at radius 2 is 2.04 bits per heavy atom. The van der Waals surface area contributed by atoms with Crippen molar-refractivity contribution in [3.63, 3.8) is 0 Å². The summed E-state index contributed by atoms with van der Waals surface area (Å²) in [6.07, 6.45) is 1.72. The third kappa shape index (κ3) is 2.85. The summed E-state index contributed by atoms with van der Waals surface area (Å²) in [7, 11) is 2.22. The highest BCUT2D eigenvalue weighted by atomic mass is 32.1. The van der Waals surface area contributed by atoms with Crippen molar-refractivity contribution in [1.29, 1.82) is 0 Å². The van der Waals surface area contributed by atoms with E-state index in [2.05, 4.69) is 70.8 Å². The first-order chi connectivity index (χ1) is 13.2. The van der Waals surface area contributed by atoms with Gasteiger partial charge in [-0.15, -0.1) is 11.3 Å². The molecule has 0 saturated heterocycles. The molecule has 0 bridgehead atoms. The molecular weight excluding hydrogens is 350 g/mol. The number of nitrogens with zero attached hydrogens (tertiary/aromatic N) is 3. The van der Waals surface area contributed by atoms with E-state index in [1.165, 1.54) is 37.9 Å². The number of fused-ring (bicyclic) bond motifs is 2. The van der Waals surface area contributed by atoms with E-state index in [4.69, 9.17) is 0 Å². The normalized spacial score (nSPS) is 17.2. The van der Waals surface area contributed by atoms with Crippen LogP contribution in [0.4, 0.5) is 0 Å². The molecule has 1 atom stereocenters. The largest absolute Gasteiger partial charge is 0.301 e. The molecule has 0 radical (unpaired) electrons. The third-order valence-electron chi connectivity index (χ3n) is 5.66. The second-order valence-corrected chi connectivity index (χ2v) is 8.33. The van der Waals surface area contributed by atoms with Crippen LogP contribution in [0.3, 0.4) is 0 Å². The highest BCUT2D eigenvalue weighted by Crippen LogP contribution is 2.38. The van der Waals surface area contributed by atoms with Gasteiger partial charge in [-0.1, -0.05) is 18.2 Å². The predicted molar refractivity (Wildman–Crippen MR) is 112 cm³/mol. The van der Waals surface area contributed by atoms with Gasteiger partial charge >= 0.3 is 0 Å². The summed E-state index contributed by atoms with van der Waals surface area (Å²) in [4.78, 5) is 2.43. The molecule has 0 N–H and O–H groups in total. The zero-order valence-corrected chi connectivity index (χ0v) is 16.3. The topological polar surface area (TPSA) is 29.0 Å². The fourth-order valence-corrected chi connectivity index (χ4v) is 5.04. The van der Waals surface area contributed by atoms with Crippen molar-refractivity contribution in [1.82, 2.24) is 15.1 Å². The quantitative estimate of drug-likeness (QED) is 0.482. The van der Waals surface area contributed by atoms with Gasteiger partial charge in [0, 0.05) is 35.5 Å². The molecule has 4 heteroatoms. The van der Waals surface area contributed by atoms with Gasteiger partial charge in [0.2, 0.25) is 0 Å². The van der Waals surface area contributed by atoms with Crippen LogP contribution in [0.15, 0.2) is 60.1 Å². The lowest BCUT2D eigenvalue weighted by molar-refractivity contribution is 0.294. The molecule has 0 amide bonds. The smallest absolute Gasteiger partial charge is 0.0932 e. The third-order valence-corrected chi connectivity index (χ3v) is 6.56. The molecular formula is C23H21N3S. The van der Waals surface area contributed by atoms with E-state index in [1.54, 1.807) is 6.20 Å². The van der Waals surface area contributed by atoms with Crippen molar-refractivity contribution < 1.29 is 0 Å². The van der Waals surface area contributed by atoms with Crippen LogP contribution >= 0.6 is 11.3 Å². The molecule has 2 aromatic carbocycles. The van der Waals surface area contributed by atoms with Crippen molar-refractivity contribution in [2.24, 2.45) is 0 Å². The molecule has 1 aliphatic heterocycles. The monoisotopic (exact) mass is 371 g/mol. The predicted octanol–water partition coefficient (Wildman–Crippen LogP) is 5.24. The van der Waals surface area contributed by atoms with E-state index in [-0.39, 0.29) is 0 Å². The van der Waals surface area contributed by atoms with E-state index in [9.17, 15) is 0 Å². The van der Waals surface area contributed by atoms with Crippen molar-refractivity contribution in [2.45, 2.75) is 19.4 Å². The number of rotatable bonds is 2. The molecule has 5 rings (SSSR count). The molecule has 4 aromatic rings. The van der Waals surface area contributed by atoms with Gasteiger partial charge < -0.3 is 4.90 Å². The first kappa shape index (κ1) is 16.6. The summed E-state index contributed by atoms with van der Waals surface area (Å²) < 4.78 is 1.36. The maximum atomic E-state index is 4.32. The van der Waals surface area contributed by atoms with Gasteiger partial charge in [-0.25, -0.2) is 0 Å². The van der Waals surface area contributed by atoms with Gasteiger partial charge in [-0.3, -0.25) is 0 Å². The summed E-state index contributed by atoms with van der Waals surface area (Å²) in [5, 5.41) is 11.9. The summed E-state index contributed by atoms with van der Waals surface area (Å²) >= 11 is 1.81. The minimum Gasteiger partial charge on any atom is -0.301 e. The Balaban J connectivity index is 1.64. The zero-order chi connectivity index (χ0) is 18.4. The average molecular weight is 372 g/mol. The number of hydrogen-bond donors (Lipinski definition) is 0. The Kier molecular flexibility index (Phi) is 4.03. The summed E-state index contributed by atoms with van der Waals surface area (Å²) in [6, 6.07) is 17.7. The summed E-state index contributed by atoms with van der Waals surface area (Å²) in [5.74, 6) is 0.401. The van der Waals surface area contributed by atoms with Crippen LogP contribution in [-0.4, -0.2) is 28.7 Å². The highest BCUT2D eigenvalue weighted by molar-refractivity contribution is 7.17. The van der Waals surface area contributed by atoms with Crippen LogP contribution in [0.1, 0.15) is 28.2 Å². The molecule has 0 fully saturated rings. The Bertz CT molecular complexity index is 1120. The number of benzene rings is 2. The molecule has 1 aliphatic rings. The van der Waals surface area contributed by atoms with Crippen LogP contribution in [-0.2, 0) is 6.54 Å². The maximum absolute atomic E-state index is 4.32. The summed E-state index contributed by atoms with van der Waals surface area (Å²) in [6.45, 7) is 4.25. The van der Waals surface area contributed by atoms with Crippen molar-refractivity contribution in [3.8, 4) is 11.3 Å². The Hall–Kier alpha value is -2.56. The highest BCUT2D eigenvalue weighted by Gasteiger charge is 2.27. The standard InChI is InChI=1S/C23H21N3S/c1-15-18(22-4-3-10-24-25-22)6-7-19-20(15)13-26(2)14-21(19)16-5-8-23-17(12-16)9-11-27-23/h3-12,21H,13-14H2,1-2H3. The van der Waals surface area contributed by atoms with Crippen molar-refractivity contribution >= 4 is 21.4 Å². The molecule has 0 saturated carbocycles. The Labute approximate surface area is 163 Å². The minimum absolute atomic E-state index is 0.401. The molecule has 0 aliphatic carbocycles. The fraction of sp³-hybridized carbons (Fsp3) is 0.217. The second-order valence-electron chi connectivity index (χ2n) is 7.38. The van der Waals surface area contributed by atoms with Crippen molar-refractivity contribution in [3.05, 3.63) is 82.4 Å². The number of thiophene rings is 1. The van der Waals surface area contributed by atoms with Crippen LogP contribution in [0, 0.1) is 6.92 Å². The molecule has 2 aromatic heterocycles. The number of likely N-dealkylation sites (N-methyl/N-ethyl adjacent to an activating group) is 1. The molecule has 1 unspecified atom stereocenters. The van der Waals surface area contributed by atoms with Gasteiger partial charge in [-0.2, -0.15) is 10.2 Å². The SMILES string of the molecule is Cc1c(-c2cccnn2)ccc2c1CN(C)CC2c1ccc2sccc2c1. The molecule has 27 heavy (non-hydrogen) atoms. The minimum atomic E-state index is 0.401. The Morgan fingerprint density at radius 3 is 2.89 bits per heavy atom. The lowest BCUT2D eigenvalue weighted by Gasteiger charge is -2.34. The van der Waals surface area contributed by atoms with Gasteiger partial charge in [0.1, 0.15) is 0 Å². The molecule has 3 nitrogen and oxygen atoms in total. The lowest BCUT2D eigenvalue weighted by Crippen LogP contribution is -2.31. The second kappa shape index (κ2) is 6.55. The molecule has 3 heterocycles. The van der Waals surface area contributed by atoms with E-state index in [0.717, 1.165) is 18.8 Å². The lowest BCUT2D eigenvalue weighted by atomic mass is 9.81. The van der Waals surface area contributed by atoms with Crippen LogP contribution in [0.2, 0.25) is 0 Å². The number of hydrogen-bond acceptors (Lipinski definition) is 4. The molecule has 0 spiro atoms. The zero-order valence-electron chi connectivity index (χ0n) is 15.5. The first-order valence-electron chi connectivity index (χ1n) is 9.27. The summed E-state index contributed by atoms with van der Waals surface area (Å²) in [5.41, 5.74) is 7.74. The van der Waals surface area contributed by atoms with Crippen LogP contribution < -0.4 is 0 Å². The van der Waals surface area contributed by atoms with Gasteiger partial charge in [0.25, 0.3) is 0 Å². The van der Waals surface area contributed by atoms with E-state index in [1.807, 2.05) is 23.5 Å². The van der Waals surface area contributed by atoms with Crippen LogP contribution in [0.25, 0.3) is 21.3 Å². The first-order valence-corrected chi connectivity index (χ1v) is 10.1. The fourth-order valence-electron chi connectivity index (χ4n) is 4.27. The van der Waals surface area contributed by atoms with Gasteiger partial charge in [-0.05, 0) is 77.3 Å². The van der Waals surface area contributed by atoms with Gasteiger partial charge in [0.15, 0.2) is 0 Å². The Morgan fingerprint density at radius 1 is 1.11 bits per heavy atom. The van der Waals surface area contributed by atoms with E-state index < -0.39 is 0 Å². The van der Waals surface area contributed by atoms with Crippen LogP contribution in [0.5, 0.6) is 0 Å². The number of aromatic nitrogens is 2. The van der Waals surface area contributed by atoms with Crippen molar-refractivity contribution in [2.75, 3.05) is 13.6 Å². The van der Waals surface area contributed by atoms with Gasteiger partial charge in [0.05, 0.1) is 5.69 Å². The maximum Gasteiger partial charge on any atom is 0.0932 e.